The molecule has 3 aliphatic rings. The zero-order chi connectivity index (χ0) is 39.7. The molecule has 1 aliphatic carbocycles. The zero-order valence-corrected chi connectivity index (χ0v) is 34.2. The lowest BCUT2D eigenvalue weighted by atomic mass is 9.69. The first-order valence-corrected chi connectivity index (χ1v) is 22.0. The monoisotopic (exact) mass is 794 g/mol. The molecule has 7 nitrogen and oxygen atoms in total. The van der Waals surface area contributed by atoms with E-state index in [1.54, 1.807) is 18.3 Å². The molecule has 1 N–H and O–H groups in total. The second-order valence-corrected chi connectivity index (χ2v) is 21.0. The number of imide groups is 1. The molecule has 3 heterocycles. The number of carbonyl (C=O) groups excluding carboxylic acids is 2. The summed E-state index contributed by atoms with van der Waals surface area (Å²) >= 11 is 6.59. The van der Waals surface area contributed by atoms with Crippen LogP contribution in [0.5, 0.6) is 5.75 Å². The van der Waals surface area contributed by atoms with Crippen LogP contribution in [-0.2, 0) is 18.8 Å². The first-order chi connectivity index (χ1) is 27.6. The van der Waals surface area contributed by atoms with Crippen molar-refractivity contribution in [2.75, 3.05) is 18.1 Å². The predicted molar refractivity (Wildman–Crippen MR) is 229 cm³/mol. The SMILES string of the molecule is CC(C)(C)[Si](OCC1=C2[C@@H](CC/C(=C/c3ccc(O)cc3Cl)c3ccccn3)OC[C@@H]2[C@@H]2C(=O)N(c3ccccc3)C(=O)[C@@H]2C1)(c1ccccc1)c1ccccc1. The van der Waals surface area contributed by atoms with E-state index in [-0.39, 0.29) is 34.6 Å². The molecule has 5 aromatic rings. The highest BCUT2D eigenvalue weighted by Gasteiger charge is 2.58. The summed E-state index contributed by atoms with van der Waals surface area (Å²) in [6, 6.07) is 41.2. The van der Waals surface area contributed by atoms with Gasteiger partial charge in [0.15, 0.2) is 0 Å². The van der Waals surface area contributed by atoms with Gasteiger partial charge in [0.2, 0.25) is 11.8 Å². The Bertz CT molecular complexity index is 2270. The molecule has 2 fully saturated rings. The van der Waals surface area contributed by atoms with Crippen LogP contribution in [0.25, 0.3) is 11.6 Å². The highest BCUT2D eigenvalue weighted by Crippen LogP contribution is 2.51. The van der Waals surface area contributed by atoms with E-state index >= 15 is 0 Å². The molecule has 1 aromatic heterocycles. The number of hydrogen-bond donors (Lipinski definition) is 1. The molecule has 8 rings (SSSR count). The smallest absolute Gasteiger partial charge is 0.261 e. The van der Waals surface area contributed by atoms with Crippen LogP contribution in [0.15, 0.2) is 145 Å². The topological polar surface area (TPSA) is 89.0 Å². The van der Waals surface area contributed by atoms with Gasteiger partial charge < -0.3 is 14.3 Å². The quantitative estimate of drug-likeness (QED) is 0.0817. The molecule has 2 amide bonds. The number of nitrogens with zero attached hydrogens (tertiary/aromatic N) is 2. The standard InChI is InChI=1S/C48H47ClN2O5Si/c1-48(2,3)57(37-17-9-5-10-18-37,38-19-11-6-12-20-38)56-30-34-28-39-45(47(54)51(46(39)53)35-15-7-4-8-16-35)40-31-55-43(44(34)40)25-23-33(42-21-13-14-26-50-42)27-32-22-24-36(52)29-41(32)49/h4-22,24,26-27,29,39-40,43,45,52H,23,25,28,30-31H2,1-3H3/b33-27-/t39-,40+,43-,45-/m1/s1. The summed E-state index contributed by atoms with van der Waals surface area (Å²) in [5, 5.41) is 12.6. The van der Waals surface area contributed by atoms with Crippen molar-refractivity contribution in [2.24, 2.45) is 17.8 Å². The van der Waals surface area contributed by atoms with Crippen LogP contribution in [0.1, 0.15) is 51.3 Å². The number of amides is 2. The van der Waals surface area contributed by atoms with Crippen molar-refractivity contribution in [3.8, 4) is 5.75 Å². The molecule has 0 bridgehead atoms. The molecule has 0 unspecified atom stereocenters. The van der Waals surface area contributed by atoms with Crippen LogP contribution >= 0.6 is 11.6 Å². The van der Waals surface area contributed by atoms with E-state index in [0.717, 1.165) is 28.0 Å². The second kappa shape index (κ2) is 16.0. The van der Waals surface area contributed by atoms with Crippen molar-refractivity contribution in [1.82, 2.24) is 4.98 Å². The fraction of sp³-hybridized carbons (Fsp3) is 0.271. The van der Waals surface area contributed by atoms with Crippen LogP contribution in [0, 0.1) is 17.8 Å². The summed E-state index contributed by atoms with van der Waals surface area (Å²) in [7, 11) is -2.95. The first kappa shape index (κ1) is 38.7. The lowest BCUT2D eigenvalue weighted by molar-refractivity contribution is -0.122. The summed E-state index contributed by atoms with van der Waals surface area (Å²) in [5.74, 6) is -1.50. The summed E-state index contributed by atoms with van der Waals surface area (Å²) < 4.78 is 14.3. The van der Waals surface area contributed by atoms with E-state index in [1.165, 1.54) is 21.3 Å². The first-order valence-electron chi connectivity index (χ1n) is 19.7. The number of anilines is 1. The maximum absolute atomic E-state index is 14.4. The number of pyridine rings is 1. The number of rotatable bonds is 11. The maximum atomic E-state index is 14.4. The van der Waals surface area contributed by atoms with Crippen LogP contribution in [0.4, 0.5) is 5.69 Å². The molecule has 0 saturated carbocycles. The van der Waals surface area contributed by atoms with Crippen molar-refractivity contribution in [2.45, 2.75) is 51.2 Å². The third-order valence-electron chi connectivity index (χ3n) is 11.9. The fourth-order valence-electron chi connectivity index (χ4n) is 9.33. The summed E-state index contributed by atoms with van der Waals surface area (Å²) in [6.45, 7) is 7.46. The van der Waals surface area contributed by atoms with Gasteiger partial charge in [-0.2, -0.15) is 0 Å². The van der Waals surface area contributed by atoms with Crippen molar-refractivity contribution in [3.63, 3.8) is 0 Å². The molecule has 57 heavy (non-hydrogen) atoms. The van der Waals surface area contributed by atoms with Crippen molar-refractivity contribution in [1.29, 1.82) is 0 Å². The van der Waals surface area contributed by atoms with E-state index < -0.39 is 20.2 Å². The number of allylic oxidation sites excluding steroid dienone is 1. The van der Waals surface area contributed by atoms with Gasteiger partial charge in [0.05, 0.1) is 47.6 Å². The number of phenols is 1. The van der Waals surface area contributed by atoms with Gasteiger partial charge in [0, 0.05) is 12.1 Å². The number of phenolic OH excluding ortho intramolecular Hbond substituents is 1. The van der Waals surface area contributed by atoms with Gasteiger partial charge in [-0.15, -0.1) is 0 Å². The molecule has 2 saturated heterocycles. The third kappa shape index (κ3) is 7.32. The number of benzene rings is 4. The summed E-state index contributed by atoms with van der Waals surface area (Å²) in [4.78, 5) is 34.8. The van der Waals surface area contributed by atoms with Crippen LogP contribution < -0.4 is 15.3 Å². The molecule has 0 spiro atoms. The summed E-state index contributed by atoms with van der Waals surface area (Å²) in [6.07, 6.45) is 5.14. The molecule has 2 aliphatic heterocycles. The molecule has 4 aromatic carbocycles. The minimum absolute atomic E-state index is 0.100. The Morgan fingerprint density at radius 3 is 2.14 bits per heavy atom. The van der Waals surface area contributed by atoms with E-state index in [4.69, 9.17) is 20.8 Å². The molecule has 0 radical (unpaired) electrons. The Kier molecular flexibility index (Phi) is 10.9. The van der Waals surface area contributed by atoms with Crippen molar-refractivity contribution < 1.29 is 23.9 Å². The number of hydrogen-bond acceptors (Lipinski definition) is 6. The minimum Gasteiger partial charge on any atom is -0.508 e. The maximum Gasteiger partial charge on any atom is 0.261 e. The van der Waals surface area contributed by atoms with Gasteiger partial charge in [0.25, 0.3) is 8.32 Å². The minimum atomic E-state index is -2.95. The van der Waals surface area contributed by atoms with Crippen LogP contribution in [0.3, 0.4) is 0 Å². The number of carbonyl (C=O) groups is 2. The lowest BCUT2D eigenvalue weighted by Gasteiger charge is -2.44. The second-order valence-electron chi connectivity index (χ2n) is 16.3. The predicted octanol–water partition coefficient (Wildman–Crippen LogP) is 8.86. The van der Waals surface area contributed by atoms with Gasteiger partial charge in [0.1, 0.15) is 5.75 Å². The Balaban J connectivity index is 1.20. The van der Waals surface area contributed by atoms with Crippen molar-refractivity contribution >= 4 is 59.4 Å². The van der Waals surface area contributed by atoms with Gasteiger partial charge in [-0.1, -0.05) is 117 Å². The third-order valence-corrected chi connectivity index (χ3v) is 17.2. The highest BCUT2D eigenvalue weighted by molar-refractivity contribution is 6.99. The highest BCUT2D eigenvalue weighted by atomic mass is 35.5. The molecule has 290 valence electrons. The Hall–Kier alpha value is -5.12. The molecular formula is C48H47ClN2O5Si. The number of aromatic nitrogens is 1. The van der Waals surface area contributed by atoms with Gasteiger partial charge in [-0.25, -0.2) is 0 Å². The van der Waals surface area contributed by atoms with E-state index in [2.05, 4.69) is 74.3 Å². The number of ether oxygens (including phenoxy) is 1. The lowest BCUT2D eigenvalue weighted by Crippen LogP contribution is -2.66. The van der Waals surface area contributed by atoms with Crippen molar-refractivity contribution in [3.05, 3.63) is 161 Å². The van der Waals surface area contributed by atoms with Crippen LogP contribution in [0.2, 0.25) is 10.1 Å². The largest absolute Gasteiger partial charge is 0.508 e. The zero-order valence-electron chi connectivity index (χ0n) is 32.5. The Morgan fingerprint density at radius 1 is 0.877 bits per heavy atom. The average molecular weight is 795 g/mol. The Labute approximate surface area is 340 Å². The van der Waals surface area contributed by atoms with E-state index in [0.29, 0.717) is 43.2 Å². The van der Waals surface area contributed by atoms with Gasteiger partial charge in [-0.05, 0) is 105 Å². The molecule has 9 heteroatoms. The molecule has 4 atom stereocenters. The number of halogens is 1. The van der Waals surface area contributed by atoms with E-state index in [9.17, 15) is 14.7 Å². The summed E-state index contributed by atoms with van der Waals surface area (Å²) in [5.41, 5.74) is 5.31. The normalized spacial score (nSPS) is 21.2. The fourth-order valence-corrected chi connectivity index (χ4v) is 14.1. The van der Waals surface area contributed by atoms with Crippen LogP contribution in [-0.4, -0.2) is 49.5 Å². The number of para-hydroxylation sites is 1. The number of aromatic hydroxyl groups is 1. The Morgan fingerprint density at radius 2 is 1.53 bits per heavy atom. The van der Waals surface area contributed by atoms with Gasteiger partial charge in [-0.3, -0.25) is 19.5 Å². The van der Waals surface area contributed by atoms with E-state index in [1.807, 2.05) is 66.7 Å². The van der Waals surface area contributed by atoms with Gasteiger partial charge >= 0.3 is 0 Å². The average Bonchev–Trinajstić information content (AvgIpc) is 3.75. The number of fused-ring (bicyclic) bond motifs is 3. The molecular weight excluding hydrogens is 748 g/mol.